The van der Waals surface area contributed by atoms with Crippen molar-refractivity contribution in [3.05, 3.63) is 12.7 Å². The third kappa shape index (κ3) is 7.59. The molecule has 0 aliphatic rings. The molecular weight excluding hydrogens is 212 g/mol. The Morgan fingerprint density at radius 3 is 2.67 bits per heavy atom. The predicted molar refractivity (Wildman–Crippen MR) is 63.9 cm³/mol. The van der Waals surface area contributed by atoms with E-state index in [1.54, 1.807) is 6.08 Å². The second kappa shape index (κ2) is 7.04. The van der Waals surface area contributed by atoms with Crippen LogP contribution in [-0.4, -0.2) is 35.3 Å². The van der Waals surface area contributed by atoms with Gasteiger partial charge in [-0.3, -0.25) is 4.79 Å². The molecule has 0 saturated heterocycles. The van der Waals surface area contributed by atoms with Crippen LogP contribution < -0.4 is 0 Å². The number of ether oxygens (including phenoxy) is 1. The topological polar surface area (TPSA) is 46.5 Å². The van der Waals surface area contributed by atoms with Crippen molar-refractivity contribution >= 4 is 16.9 Å². The molecule has 0 aromatic rings. The van der Waals surface area contributed by atoms with Crippen molar-refractivity contribution in [2.75, 3.05) is 19.0 Å². The molecule has 4 heteroatoms. The quantitative estimate of drug-likeness (QED) is 0.561. The van der Waals surface area contributed by atoms with Crippen molar-refractivity contribution in [1.29, 1.82) is 0 Å². The first-order valence-corrected chi connectivity index (χ1v) is 5.90. The summed E-state index contributed by atoms with van der Waals surface area (Å²) in [6, 6.07) is 0. The maximum Gasteiger partial charge on any atom is 0.194 e. The first-order valence-electron chi connectivity index (χ1n) is 4.92. The minimum atomic E-state index is -0.596. The van der Waals surface area contributed by atoms with Crippen LogP contribution in [0.2, 0.25) is 0 Å². The summed E-state index contributed by atoms with van der Waals surface area (Å²) in [6.45, 7) is 9.76. The van der Waals surface area contributed by atoms with Gasteiger partial charge in [0.15, 0.2) is 5.12 Å². The summed E-state index contributed by atoms with van der Waals surface area (Å²) in [4.78, 5) is 11.5. The Balaban J connectivity index is 3.66. The van der Waals surface area contributed by atoms with Gasteiger partial charge in [0.05, 0.1) is 19.3 Å². The monoisotopic (exact) mass is 232 g/mol. The number of aliphatic hydroxyl groups is 1. The SMILES string of the molecule is C=CCOCC(O)CSC(=O)C(C)(C)C. The van der Waals surface area contributed by atoms with Gasteiger partial charge in [-0.05, 0) is 0 Å². The normalized spacial score (nSPS) is 13.6. The average molecular weight is 232 g/mol. The van der Waals surface area contributed by atoms with Crippen LogP contribution in [-0.2, 0) is 9.53 Å². The number of carbonyl (C=O) groups excluding carboxylic acids is 1. The van der Waals surface area contributed by atoms with Gasteiger partial charge in [-0.1, -0.05) is 38.6 Å². The molecule has 0 bridgehead atoms. The molecular formula is C11H20O3S. The zero-order valence-electron chi connectivity index (χ0n) is 9.66. The molecule has 0 saturated carbocycles. The van der Waals surface area contributed by atoms with E-state index in [0.717, 1.165) is 11.8 Å². The van der Waals surface area contributed by atoms with Crippen molar-refractivity contribution in [3.8, 4) is 0 Å². The van der Waals surface area contributed by atoms with Crippen LogP contribution in [0.3, 0.4) is 0 Å². The molecule has 3 nitrogen and oxygen atoms in total. The Bertz CT molecular complexity index is 208. The summed E-state index contributed by atoms with van der Waals surface area (Å²) in [6.07, 6.45) is 1.03. The zero-order chi connectivity index (χ0) is 11.9. The van der Waals surface area contributed by atoms with E-state index in [1.165, 1.54) is 0 Å². The van der Waals surface area contributed by atoms with E-state index in [9.17, 15) is 9.90 Å². The van der Waals surface area contributed by atoms with Crippen LogP contribution in [0.1, 0.15) is 20.8 Å². The fourth-order valence-corrected chi connectivity index (χ4v) is 1.60. The van der Waals surface area contributed by atoms with Gasteiger partial charge in [0.1, 0.15) is 0 Å². The Hall–Kier alpha value is -0.320. The van der Waals surface area contributed by atoms with Crippen LogP contribution in [0, 0.1) is 5.41 Å². The molecule has 0 heterocycles. The molecule has 0 aliphatic heterocycles. The highest BCUT2D eigenvalue weighted by atomic mass is 32.2. The molecule has 0 radical (unpaired) electrons. The van der Waals surface area contributed by atoms with Gasteiger partial charge >= 0.3 is 0 Å². The van der Waals surface area contributed by atoms with Crippen LogP contribution in [0.5, 0.6) is 0 Å². The van der Waals surface area contributed by atoms with Crippen molar-refractivity contribution in [3.63, 3.8) is 0 Å². The minimum Gasteiger partial charge on any atom is -0.390 e. The molecule has 0 rings (SSSR count). The predicted octanol–water partition coefficient (Wildman–Crippen LogP) is 1.86. The van der Waals surface area contributed by atoms with Gasteiger partial charge < -0.3 is 9.84 Å². The van der Waals surface area contributed by atoms with E-state index < -0.39 is 6.10 Å². The molecule has 0 spiro atoms. The van der Waals surface area contributed by atoms with Crippen LogP contribution >= 0.6 is 11.8 Å². The number of hydrogen-bond acceptors (Lipinski definition) is 4. The second-order valence-electron chi connectivity index (χ2n) is 4.33. The minimum absolute atomic E-state index is 0.0882. The van der Waals surface area contributed by atoms with Crippen molar-refractivity contribution in [1.82, 2.24) is 0 Å². The first-order chi connectivity index (χ1) is 6.88. The number of rotatable bonds is 6. The maximum atomic E-state index is 11.5. The zero-order valence-corrected chi connectivity index (χ0v) is 10.5. The van der Waals surface area contributed by atoms with E-state index >= 15 is 0 Å². The smallest absolute Gasteiger partial charge is 0.194 e. The molecule has 1 N–H and O–H groups in total. The number of carbonyl (C=O) groups is 1. The molecule has 15 heavy (non-hydrogen) atoms. The van der Waals surface area contributed by atoms with Crippen molar-refractivity contribution in [2.24, 2.45) is 5.41 Å². The van der Waals surface area contributed by atoms with Crippen LogP contribution in [0.15, 0.2) is 12.7 Å². The van der Waals surface area contributed by atoms with Gasteiger partial charge in [0.25, 0.3) is 0 Å². The highest BCUT2D eigenvalue weighted by Gasteiger charge is 2.22. The molecule has 88 valence electrons. The summed E-state index contributed by atoms with van der Waals surface area (Å²) in [5.41, 5.74) is -0.355. The standard InChI is InChI=1S/C11H20O3S/c1-5-6-14-7-9(12)8-15-10(13)11(2,3)4/h5,9,12H,1,6-8H2,2-4H3. The molecule has 0 aromatic carbocycles. The average Bonchev–Trinajstić information content (AvgIpc) is 2.13. The maximum absolute atomic E-state index is 11.5. The first kappa shape index (κ1) is 14.7. The highest BCUT2D eigenvalue weighted by molar-refractivity contribution is 8.13. The summed E-state index contributed by atoms with van der Waals surface area (Å²) < 4.78 is 5.07. The summed E-state index contributed by atoms with van der Waals surface area (Å²) in [5, 5.41) is 9.55. The fraction of sp³-hybridized carbons (Fsp3) is 0.727. The van der Waals surface area contributed by atoms with Gasteiger partial charge in [-0.15, -0.1) is 6.58 Å². The van der Waals surface area contributed by atoms with E-state index in [-0.39, 0.29) is 17.1 Å². The molecule has 1 atom stereocenters. The van der Waals surface area contributed by atoms with E-state index in [2.05, 4.69) is 6.58 Å². The van der Waals surface area contributed by atoms with Crippen molar-refractivity contribution in [2.45, 2.75) is 26.9 Å². The Morgan fingerprint density at radius 2 is 2.20 bits per heavy atom. The van der Waals surface area contributed by atoms with Crippen LogP contribution in [0.4, 0.5) is 0 Å². The lowest BCUT2D eigenvalue weighted by Gasteiger charge is -2.17. The lowest BCUT2D eigenvalue weighted by Crippen LogP contribution is -2.23. The molecule has 0 amide bonds. The largest absolute Gasteiger partial charge is 0.390 e. The summed E-state index contributed by atoms with van der Waals surface area (Å²) in [7, 11) is 0. The second-order valence-corrected chi connectivity index (χ2v) is 5.32. The fourth-order valence-electron chi connectivity index (χ4n) is 0.724. The third-order valence-electron chi connectivity index (χ3n) is 1.57. The molecule has 0 aromatic heterocycles. The molecule has 0 aliphatic carbocycles. The summed E-state index contributed by atoms with van der Waals surface area (Å²) in [5.74, 6) is 0.382. The van der Waals surface area contributed by atoms with Gasteiger partial charge in [-0.2, -0.15) is 0 Å². The van der Waals surface area contributed by atoms with Gasteiger partial charge in [0.2, 0.25) is 0 Å². The lowest BCUT2D eigenvalue weighted by atomic mass is 10.00. The summed E-state index contributed by atoms with van der Waals surface area (Å²) >= 11 is 1.15. The Kier molecular flexibility index (Phi) is 6.89. The van der Waals surface area contributed by atoms with E-state index in [4.69, 9.17) is 4.74 Å². The van der Waals surface area contributed by atoms with E-state index in [0.29, 0.717) is 12.4 Å². The lowest BCUT2D eigenvalue weighted by molar-refractivity contribution is -0.117. The Morgan fingerprint density at radius 1 is 1.60 bits per heavy atom. The Labute approximate surface area is 95.9 Å². The number of hydrogen-bond donors (Lipinski definition) is 1. The van der Waals surface area contributed by atoms with Crippen LogP contribution in [0.25, 0.3) is 0 Å². The number of thioether (sulfide) groups is 1. The highest BCUT2D eigenvalue weighted by Crippen LogP contribution is 2.23. The van der Waals surface area contributed by atoms with Gasteiger partial charge in [0, 0.05) is 11.2 Å². The van der Waals surface area contributed by atoms with E-state index in [1.807, 2.05) is 20.8 Å². The van der Waals surface area contributed by atoms with Gasteiger partial charge in [-0.25, -0.2) is 0 Å². The number of aliphatic hydroxyl groups excluding tert-OH is 1. The molecule has 0 fully saturated rings. The molecule has 1 unspecified atom stereocenters. The third-order valence-corrected chi connectivity index (χ3v) is 2.99. The van der Waals surface area contributed by atoms with Crippen molar-refractivity contribution < 1.29 is 14.6 Å².